The third-order valence-electron chi connectivity index (χ3n) is 3.21. The van der Waals surface area contributed by atoms with Gasteiger partial charge in [0, 0.05) is 11.5 Å². The quantitative estimate of drug-likeness (QED) is 0.479. The van der Waals surface area contributed by atoms with Gasteiger partial charge in [0.05, 0.1) is 7.11 Å². The predicted octanol–water partition coefficient (Wildman–Crippen LogP) is 2.23. The Morgan fingerprint density at radius 3 is 2.00 bits per heavy atom. The van der Waals surface area contributed by atoms with Crippen LogP contribution in [0.2, 0.25) is 0 Å². The van der Waals surface area contributed by atoms with Gasteiger partial charge in [-0.1, -0.05) is 0 Å². The van der Waals surface area contributed by atoms with Crippen molar-refractivity contribution in [2.24, 2.45) is 0 Å². The van der Waals surface area contributed by atoms with Gasteiger partial charge < -0.3 is 4.74 Å². The maximum absolute atomic E-state index is 13.8. The van der Waals surface area contributed by atoms with Crippen LogP contribution in [-0.2, 0) is 0 Å². The average molecular weight is 318 g/mol. The van der Waals surface area contributed by atoms with Crippen molar-refractivity contribution in [1.29, 1.82) is 0 Å². The van der Waals surface area contributed by atoms with E-state index in [4.69, 9.17) is 0 Å². The normalized spacial score (nSPS) is 10.7. The summed E-state index contributed by atoms with van der Waals surface area (Å²) in [6.07, 6.45) is 0. The standard InChI is InChI=1S/C14H9BF6O/c1-5-3-6(16)9(13(21)11(5)19)15-10-12(20)7(17)4-8(18)14(10)22-2/h3-4,15H,1-2H3. The Kier molecular flexibility index (Phi) is 4.39. The Hall–Kier alpha value is -2.12. The van der Waals surface area contributed by atoms with Crippen LogP contribution in [0.25, 0.3) is 0 Å². The Morgan fingerprint density at radius 1 is 0.773 bits per heavy atom. The number of benzene rings is 2. The highest BCUT2D eigenvalue weighted by Gasteiger charge is 2.25. The minimum atomic E-state index is -1.54. The number of ether oxygens (including phenoxy) is 1. The van der Waals surface area contributed by atoms with Gasteiger partial charge in [-0.25, -0.2) is 26.3 Å². The van der Waals surface area contributed by atoms with Crippen molar-refractivity contribution in [1.82, 2.24) is 0 Å². The van der Waals surface area contributed by atoms with Crippen molar-refractivity contribution in [3.05, 3.63) is 52.6 Å². The largest absolute Gasteiger partial charge is 0.494 e. The Balaban J connectivity index is 2.64. The fraction of sp³-hybridized carbons (Fsp3) is 0.143. The molecule has 2 rings (SSSR count). The van der Waals surface area contributed by atoms with Crippen LogP contribution in [0.4, 0.5) is 26.3 Å². The van der Waals surface area contributed by atoms with Crippen LogP contribution in [0.15, 0.2) is 12.1 Å². The zero-order valence-corrected chi connectivity index (χ0v) is 11.5. The highest BCUT2D eigenvalue weighted by Crippen LogP contribution is 2.19. The van der Waals surface area contributed by atoms with Crippen LogP contribution in [0.3, 0.4) is 0 Å². The summed E-state index contributed by atoms with van der Waals surface area (Å²) in [7, 11) is 0.0836. The van der Waals surface area contributed by atoms with Crippen LogP contribution in [0.5, 0.6) is 5.75 Å². The topological polar surface area (TPSA) is 9.23 Å². The summed E-state index contributed by atoms with van der Waals surface area (Å²) in [6.45, 7) is 1.15. The number of hydrogen-bond donors (Lipinski definition) is 0. The van der Waals surface area contributed by atoms with Crippen LogP contribution in [0, 0.1) is 41.8 Å². The molecule has 0 radical (unpaired) electrons. The molecule has 8 heteroatoms. The molecule has 0 aliphatic heterocycles. The lowest BCUT2D eigenvalue weighted by atomic mass is 9.62. The highest BCUT2D eigenvalue weighted by molar-refractivity contribution is 6.68. The second-order valence-corrected chi connectivity index (χ2v) is 4.62. The summed E-state index contributed by atoms with van der Waals surface area (Å²) in [5.41, 5.74) is -1.86. The second-order valence-electron chi connectivity index (χ2n) is 4.62. The zero-order valence-electron chi connectivity index (χ0n) is 11.5. The molecular formula is C14H9BF6O. The fourth-order valence-electron chi connectivity index (χ4n) is 2.10. The van der Waals surface area contributed by atoms with E-state index in [0.717, 1.165) is 14.0 Å². The molecule has 22 heavy (non-hydrogen) atoms. The third kappa shape index (κ3) is 2.65. The van der Waals surface area contributed by atoms with E-state index in [2.05, 4.69) is 4.74 Å². The van der Waals surface area contributed by atoms with Gasteiger partial charge in [-0.05, 0) is 24.0 Å². The molecule has 2 aromatic rings. The molecule has 0 unspecified atom stereocenters. The van der Waals surface area contributed by atoms with E-state index in [9.17, 15) is 26.3 Å². The SMILES string of the molecule is COc1c(F)cc(F)c(F)c1Bc1c(F)cc(C)c(F)c1F. The first-order valence-corrected chi connectivity index (χ1v) is 6.11. The lowest BCUT2D eigenvalue weighted by molar-refractivity contribution is 0.381. The molecule has 0 N–H and O–H groups in total. The molecule has 0 saturated heterocycles. The highest BCUT2D eigenvalue weighted by atomic mass is 19.2. The van der Waals surface area contributed by atoms with Gasteiger partial charge >= 0.3 is 0 Å². The maximum atomic E-state index is 13.8. The van der Waals surface area contributed by atoms with Crippen molar-refractivity contribution in [3.63, 3.8) is 0 Å². The molecule has 1 nitrogen and oxygen atoms in total. The Labute approximate surface area is 122 Å². The molecule has 0 atom stereocenters. The van der Waals surface area contributed by atoms with Gasteiger partial charge in [0.1, 0.15) is 5.82 Å². The summed E-state index contributed by atoms with van der Waals surface area (Å²) in [6, 6.07) is 0.966. The molecular weight excluding hydrogens is 309 g/mol. The van der Waals surface area contributed by atoms with Gasteiger partial charge in [0.2, 0.25) is 7.28 Å². The average Bonchev–Trinajstić information content (AvgIpc) is 2.46. The molecule has 0 fully saturated rings. The molecule has 0 amide bonds. The second kappa shape index (κ2) is 5.94. The van der Waals surface area contributed by atoms with Crippen molar-refractivity contribution < 1.29 is 31.1 Å². The maximum Gasteiger partial charge on any atom is 0.209 e. The van der Waals surface area contributed by atoms with Crippen molar-refractivity contribution in [2.45, 2.75) is 6.92 Å². The minimum absolute atomic E-state index is 0.250. The monoisotopic (exact) mass is 318 g/mol. The van der Waals surface area contributed by atoms with Gasteiger partial charge in [0.15, 0.2) is 34.8 Å². The summed E-state index contributed by atoms with van der Waals surface area (Å²) in [5, 5.41) is 0. The summed E-state index contributed by atoms with van der Waals surface area (Å²) >= 11 is 0. The van der Waals surface area contributed by atoms with Crippen molar-refractivity contribution in [3.8, 4) is 5.75 Å². The number of methoxy groups -OCH3 is 1. The number of hydrogen-bond acceptors (Lipinski definition) is 1. The first kappa shape index (κ1) is 16.3. The van der Waals surface area contributed by atoms with Crippen molar-refractivity contribution >= 4 is 18.2 Å². The summed E-state index contributed by atoms with van der Waals surface area (Å²) in [4.78, 5) is 0. The molecule has 0 aromatic heterocycles. The summed E-state index contributed by atoms with van der Waals surface area (Å²) < 4.78 is 86.3. The third-order valence-corrected chi connectivity index (χ3v) is 3.21. The molecule has 0 spiro atoms. The molecule has 0 aliphatic carbocycles. The summed E-state index contributed by atoms with van der Waals surface area (Å²) in [5.74, 6) is -8.98. The van der Waals surface area contributed by atoms with Gasteiger partial charge in [-0.2, -0.15) is 0 Å². The van der Waals surface area contributed by atoms with E-state index < -0.39 is 58.9 Å². The van der Waals surface area contributed by atoms with E-state index in [-0.39, 0.29) is 11.6 Å². The molecule has 0 bridgehead atoms. The van der Waals surface area contributed by atoms with Gasteiger partial charge in [-0.3, -0.25) is 0 Å². The first-order valence-electron chi connectivity index (χ1n) is 6.11. The Bertz CT molecular complexity index is 747. The molecule has 0 aliphatic rings. The minimum Gasteiger partial charge on any atom is -0.494 e. The van der Waals surface area contributed by atoms with Crippen LogP contribution < -0.4 is 15.7 Å². The fourth-order valence-corrected chi connectivity index (χ4v) is 2.10. The van der Waals surface area contributed by atoms with Crippen LogP contribution in [-0.4, -0.2) is 14.4 Å². The number of halogens is 6. The predicted molar refractivity (Wildman–Crippen MR) is 70.3 cm³/mol. The van der Waals surface area contributed by atoms with Crippen LogP contribution in [0.1, 0.15) is 5.56 Å². The smallest absolute Gasteiger partial charge is 0.209 e. The van der Waals surface area contributed by atoms with Crippen molar-refractivity contribution in [2.75, 3.05) is 7.11 Å². The zero-order chi connectivity index (χ0) is 16.6. The first-order chi connectivity index (χ1) is 10.3. The van der Waals surface area contributed by atoms with E-state index in [1.165, 1.54) is 0 Å². The molecule has 2 aromatic carbocycles. The number of aryl methyl sites for hydroxylation is 1. The molecule has 0 heterocycles. The lowest BCUT2D eigenvalue weighted by Gasteiger charge is -2.12. The van der Waals surface area contributed by atoms with E-state index in [1.807, 2.05) is 0 Å². The van der Waals surface area contributed by atoms with E-state index in [0.29, 0.717) is 6.07 Å². The van der Waals surface area contributed by atoms with Gasteiger partial charge in [-0.15, -0.1) is 0 Å². The van der Waals surface area contributed by atoms with Crippen LogP contribution >= 0.6 is 0 Å². The van der Waals surface area contributed by atoms with Gasteiger partial charge in [0.25, 0.3) is 0 Å². The van der Waals surface area contributed by atoms with E-state index >= 15 is 0 Å². The molecule has 116 valence electrons. The lowest BCUT2D eigenvalue weighted by Crippen LogP contribution is -2.37. The van der Waals surface area contributed by atoms with E-state index in [1.54, 1.807) is 0 Å². The molecule has 0 saturated carbocycles. The number of rotatable bonds is 3. The Morgan fingerprint density at radius 2 is 1.41 bits per heavy atom.